The minimum absolute atomic E-state index is 0.0587. The number of benzene rings is 2. The zero-order chi connectivity index (χ0) is 28.0. The number of hydrogen-bond donors (Lipinski definition) is 2. The summed E-state index contributed by atoms with van der Waals surface area (Å²) in [5.74, 6) is -0.738. The molecule has 1 aliphatic rings. The van der Waals surface area contributed by atoms with E-state index in [-0.39, 0.29) is 34.8 Å². The van der Waals surface area contributed by atoms with Crippen LogP contribution < -0.4 is 4.72 Å². The van der Waals surface area contributed by atoms with Gasteiger partial charge >= 0.3 is 5.97 Å². The Morgan fingerprint density at radius 2 is 1.90 bits per heavy atom. The maximum absolute atomic E-state index is 13.3. The van der Waals surface area contributed by atoms with E-state index in [9.17, 15) is 18.3 Å². The van der Waals surface area contributed by atoms with Crippen LogP contribution in [0.25, 0.3) is 0 Å². The normalized spacial score (nSPS) is 17.5. The Kier molecular flexibility index (Phi) is 9.12. The quantitative estimate of drug-likeness (QED) is 0.272. The number of anilines is 1. The first-order valence-corrected chi connectivity index (χ1v) is 15.0. The number of aromatic nitrogens is 2. The van der Waals surface area contributed by atoms with Gasteiger partial charge in [0, 0.05) is 31.3 Å². The molecule has 1 aromatic heterocycles. The van der Waals surface area contributed by atoms with Crippen molar-refractivity contribution in [1.82, 2.24) is 9.55 Å². The smallest absolute Gasteiger partial charge is 0.338 e. The molecular weight excluding hydrogens is 514 g/mol. The van der Waals surface area contributed by atoms with E-state index in [1.54, 1.807) is 29.8 Å². The van der Waals surface area contributed by atoms with E-state index in [1.165, 1.54) is 18.1 Å². The number of carbonyl (C=O) groups is 1. The maximum atomic E-state index is 13.3. The van der Waals surface area contributed by atoms with Gasteiger partial charge in [-0.25, -0.2) is 9.78 Å². The minimum Gasteiger partial charge on any atom is -0.512 e. The van der Waals surface area contributed by atoms with Gasteiger partial charge in [-0.15, -0.1) is 0 Å². The highest BCUT2D eigenvalue weighted by Gasteiger charge is 2.37. The number of imidazole rings is 1. The number of carbonyl (C=O) groups excluding carboxylic acids is 1. The average molecular weight is 552 g/mol. The maximum Gasteiger partial charge on any atom is 0.338 e. The fraction of sp³-hybridized carbons (Fsp3) is 0.400. The number of aryl methyl sites for hydroxylation is 2. The molecule has 4 rings (SSSR count). The minimum atomic E-state index is -3.87. The van der Waals surface area contributed by atoms with Gasteiger partial charge in [0.2, 0.25) is 0 Å². The van der Waals surface area contributed by atoms with Crippen molar-refractivity contribution < 1.29 is 23.1 Å². The lowest BCUT2D eigenvalue weighted by atomic mass is 9.82. The Morgan fingerprint density at radius 3 is 2.54 bits per heavy atom. The van der Waals surface area contributed by atoms with Crippen molar-refractivity contribution in [3.05, 3.63) is 89.6 Å². The highest BCUT2D eigenvalue weighted by atomic mass is 32.2. The summed E-state index contributed by atoms with van der Waals surface area (Å²) in [6, 6.07) is 17.1. The standard InChI is InChI=1S/C30H37N3O5S/c1-4-10-22(16-15-21-11-7-6-8-12-21)27-18-26(34)29(30(35)38-27)25(5-2)23-13-9-14-24(17-23)32-39(36,37)28-19-33(3)20-31-28/h6-9,11-14,17,19-20,22,25,27,32,34H,4-5,10,15-16,18H2,1-3H3. The van der Waals surface area contributed by atoms with Crippen molar-refractivity contribution in [3.8, 4) is 0 Å². The third-order valence-electron chi connectivity index (χ3n) is 7.27. The average Bonchev–Trinajstić information content (AvgIpc) is 3.36. The van der Waals surface area contributed by atoms with Crippen molar-refractivity contribution in [3.63, 3.8) is 0 Å². The van der Waals surface area contributed by atoms with Crippen molar-refractivity contribution in [1.29, 1.82) is 0 Å². The van der Waals surface area contributed by atoms with Crippen LogP contribution in [0, 0.1) is 5.92 Å². The SMILES string of the molecule is CCCC(CCc1ccccc1)C1CC(O)=C(C(CC)c2cccc(NS(=O)(=O)c3cn(C)cn3)c2)C(=O)O1. The van der Waals surface area contributed by atoms with Crippen molar-refractivity contribution in [2.45, 2.75) is 69.4 Å². The summed E-state index contributed by atoms with van der Waals surface area (Å²) in [4.78, 5) is 17.2. The molecule has 0 fully saturated rings. The molecule has 0 aliphatic carbocycles. The first-order valence-electron chi connectivity index (χ1n) is 13.5. The molecular formula is C30H37N3O5S. The second-order valence-corrected chi connectivity index (χ2v) is 11.8. The molecule has 0 amide bonds. The summed E-state index contributed by atoms with van der Waals surface area (Å²) in [7, 11) is -2.18. The zero-order valence-corrected chi connectivity index (χ0v) is 23.5. The van der Waals surface area contributed by atoms with Crippen molar-refractivity contribution in [2.24, 2.45) is 13.0 Å². The molecule has 0 bridgehead atoms. The second-order valence-electron chi connectivity index (χ2n) is 10.2. The predicted molar refractivity (Wildman–Crippen MR) is 151 cm³/mol. The van der Waals surface area contributed by atoms with E-state index in [0.29, 0.717) is 17.7 Å². The molecule has 0 saturated heterocycles. The topological polar surface area (TPSA) is 111 Å². The lowest BCUT2D eigenvalue weighted by Gasteiger charge is -2.33. The number of cyclic esters (lactones) is 1. The largest absolute Gasteiger partial charge is 0.512 e. The summed E-state index contributed by atoms with van der Waals surface area (Å²) in [6.45, 7) is 4.04. The number of hydrogen-bond acceptors (Lipinski definition) is 6. The Labute approximate surface area is 230 Å². The van der Waals surface area contributed by atoms with Crippen LogP contribution in [0.1, 0.15) is 63.0 Å². The van der Waals surface area contributed by atoms with E-state index in [0.717, 1.165) is 25.7 Å². The Morgan fingerprint density at radius 1 is 1.13 bits per heavy atom. The number of aliphatic hydroxyl groups is 1. The molecule has 1 aliphatic heterocycles. The monoisotopic (exact) mass is 551 g/mol. The Hall–Kier alpha value is -3.59. The van der Waals surface area contributed by atoms with Crippen LogP contribution in [0.3, 0.4) is 0 Å². The van der Waals surface area contributed by atoms with Gasteiger partial charge in [0.25, 0.3) is 10.0 Å². The number of nitrogens with one attached hydrogen (secondary N) is 1. The van der Waals surface area contributed by atoms with Gasteiger partial charge in [0.05, 0.1) is 11.9 Å². The number of aliphatic hydroxyl groups excluding tert-OH is 1. The van der Waals surface area contributed by atoms with Gasteiger partial charge in [0.15, 0.2) is 5.03 Å². The van der Waals surface area contributed by atoms with E-state index in [1.807, 2.05) is 31.2 Å². The van der Waals surface area contributed by atoms with Gasteiger partial charge < -0.3 is 14.4 Å². The predicted octanol–water partition coefficient (Wildman–Crippen LogP) is 5.89. The molecule has 3 aromatic rings. The Bertz CT molecular complexity index is 1420. The lowest BCUT2D eigenvalue weighted by molar-refractivity contribution is -0.150. The Balaban J connectivity index is 1.52. The molecule has 3 atom stereocenters. The number of ether oxygens (including phenoxy) is 1. The van der Waals surface area contributed by atoms with Crippen LogP contribution in [0.4, 0.5) is 5.69 Å². The van der Waals surface area contributed by atoms with Crippen molar-refractivity contribution in [2.75, 3.05) is 4.72 Å². The van der Waals surface area contributed by atoms with Crippen LogP contribution in [0.2, 0.25) is 0 Å². The van der Waals surface area contributed by atoms with Crippen LogP contribution >= 0.6 is 0 Å². The summed E-state index contributed by atoms with van der Waals surface area (Å²) >= 11 is 0. The summed E-state index contributed by atoms with van der Waals surface area (Å²) < 4.78 is 35.6. The number of rotatable bonds is 12. The summed E-state index contributed by atoms with van der Waals surface area (Å²) in [5.41, 5.74) is 2.55. The van der Waals surface area contributed by atoms with E-state index >= 15 is 0 Å². The molecule has 0 spiro atoms. The van der Waals surface area contributed by atoms with Gasteiger partial charge in [-0.05, 0) is 54.9 Å². The summed E-state index contributed by atoms with van der Waals surface area (Å²) in [6.07, 6.45) is 6.90. The first-order chi connectivity index (χ1) is 18.7. The van der Waals surface area contributed by atoms with Crippen LogP contribution in [-0.2, 0) is 33.0 Å². The van der Waals surface area contributed by atoms with E-state index in [4.69, 9.17) is 4.74 Å². The summed E-state index contributed by atoms with van der Waals surface area (Å²) in [5, 5.41) is 11.1. The first kappa shape index (κ1) is 28.4. The molecule has 8 nitrogen and oxygen atoms in total. The molecule has 2 heterocycles. The van der Waals surface area contributed by atoms with Gasteiger partial charge in [-0.1, -0.05) is 62.7 Å². The van der Waals surface area contributed by atoms with Gasteiger partial charge in [-0.2, -0.15) is 8.42 Å². The molecule has 208 valence electrons. The second kappa shape index (κ2) is 12.5. The van der Waals surface area contributed by atoms with Crippen LogP contribution in [0.15, 0.2) is 83.5 Å². The molecule has 0 radical (unpaired) electrons. The highest BCUT2D eigenvalue weighted by molar-refractivity contribution is 7.92. The van der Waals surface area contributed by atoms with Crippen LogP contribution in [0.5, 0.6) is 0 Å². The molecule has 2 N–H and O–H groups in total. The zero-order valence-electron chi connectivity index (χ0n) is 22.7. The molecule has 3 unspecified atom stereocenters. The number of nitrogens with zero attached hydrogens (tertiary/aromatic N) is 2. The molecule has 9 heteroatoms. The van der Waals surface area contributed by atoms with E-state index in [2.05, 4.69) is 28.8 Å². The van der Waals surface area contributed by atoms with Gasteiger partial charge in [-0.3, -0.25) is 4.72 Å². The number of esters is 1. The van der Waals surface area contributed by atoms with E-state index < -0.39 is 21.9 Å². The third-order valence-corrected chi connectivity index (χ3v) is 8.54. The van der Waals surface area contributed by atoms with Gasteiger partial charge in [0.1, 0.15) is 11.9 Å². The fourth-order valence-electron chi connectivity index (χ4n) is 5.31. The molecule has 2 aromatic carbocycles. The third kappa shape index (κ3) is 6.89. The molecule has 39 heavy (non-hydrogen) atoms. The molecule has 0 saturated carbocycles. The fourth-order valence-corrected chi connectivity index (χ4v) is 6.34. The van der Waals surface area contributed by atoms with Crippen LogP contribution in [-0.4, -0.2) is 35.1 Å². The number of sulfonamides is 1. The highest BCUT2D eigenvalue weighted by Crippen LogP contribution is 2.38. The van der Waals surface area contributed by atoms with Crippen molar-refractivity contribution >= 4 is 21.7 Å². The lowest BCUT2D eigenvalue weighted by Crippen LogP contribution is -2.34.